The molecular formula is C22H40ClN5O4. The van der Waals surface area contributed by atoms with Gasteiger partial charge in [0, 0.05) is 50.0 Å². The molecule has 4 N–H and O–H groups in total. The lowest BCUT2D eigenvalue weighted by Crippen LogP contribution is -2.69. The first-order valence-corrected chi connectivity index (χ1v) is 13.0. The number of nitrogens with one attached hydrogen (secondary N) is 3. The van der Waals surface area contributed by atoms with Crippen molar-refractivity contribution in [1.29, 1.82) is 0 Å². The van der Waals surface area contributed by atoms with Crippen LogP contribution < -0.4 is 16.1 Å². The molecule has 4 aliphatic heterocycles. The average molecular weight is 474 g/mol. The van der Waals surface area contributed by atoms with Crippen LogP contribution in [0.25, 0.3) is 0 Å². The maximum atomic E-state index is 10.6. The van der Waals surface area contributed by atoms with Gasteiger partial charge in [-0.25, -0.2) is 5.01 Å². The van der Waals surface area contributed by atoms with Crippen LogP contribution in [0, 0.1) is 5.92 Å². The minimum Gasteiger partial charge on any atom is -0.393 e. The third kappa shape index (κ3) is 5.76. The molecule has 0 spiro atoms. The molecule has 1 aliphatic carbocycles. The Balaban J connectivity index is 1.21. The van der Waals surface area contributed by atoms with Crippen molar-refractivity contribution in [2.24, 2.45) is 5.92 Å². The fraction of sp³-hybridized carbons (Fsp3) is 1.00. The fourth-order valence-corrected chi connectivity index (χ4v) is 6.26. The van der Waals surface area contributed by atoms with Crippen LogP contribution in [0.4, 0.5) is 0 Å². The summed E-state index contributed by atoms with van der Waals surface area (Å²) < 4.78 is 17.6. The Hall–Kier alpha value is -0.0700. The van der Waals surface area contributed by atoms with Crippen molar-refractivity contribution in [3.8, 4) is 0 Å². The van der Waals surface area contributed by atoms with Gasteiger partial charge < -0.3 is 19.3 Å². The van der Waals surface area contributed by atoms with Crippen LogP contribution in [0.1, 0.15) is 44.9 Å². The van der Waals surface area contributed by atoms with E-state index < -0.39 is 0 Å². The van der Waals surface area contributed by atoms with Gasteiger partial charge in [0.25, 0.3) is 0 Å². The van der Waals surface area contributed by atoms with Gasteiger partial charge in [-0.3, -0.25) is 21.0 Å². The van der Waals surface area contributed by atoms with Gasteiger partial charge in [0.15, 0.2) is 6.35 Å². The molecule has 10 heteroatoms. The van der Waals surface area contributed by atoms with Crippen molar-refractivity contribution in [2.45, 2.75) is 87.3 Å². The number of morpholine rings is 1. The van der Waals surface area contributed by atoms with Crippen LogP contribution in [0.2, 0.25) is 0 Å². The number of alkyl halides is 1. The van der Waals surface area contributed by atoms with E-state index in [2.05, 4.69) is 26.0 Å². The van der Waals surface area contributed by atoms with E-state index in [0.29, 0.717) is 6.61 Å². The van der Waals surface area contributed by atoms with E-state index in [1.54, 1.807) is 0 Å². The van der Waals surface area contributed by atoms with Crippen LogP contribution >= 0.6 is 11.6 Å². The fourth-order valence-electron chi connectivity index (χ4n) is 5.93. The predicted octanol–water partition coefficient (Wildman–Crippen LogP) is 0.380. The SMILES string of the molecule is OC1CCC(Cl)CC1C1CCN(C2CC(N3CCOCC3)NC(OCC3CCCO3)N2)N1. The largest absolute Gasteiger partial charge is 0.393 e. The molecule has 8 unspecified atom stereocenters. The second-order valence-electron chi connectivity index (χ2n) is 9.96. The number of hydrogen-bond acceptors (Lipinski definition) is 9. The third-order valence-corrected chi connectivity index (χ3v) is 8.19. The van der Waals surface area contributed by atoms with Crippen LogP contribution in [0.15, 0.2) is 0 Å². The standard InChI is InChI=1S/C22H40ClN5O4/c23-15-3-4-19(29)17(12-15)18-5-6-28(26-18)21-13-20(27-7-10-30-11-8-27)24-22(25-21)32-14-16-2-1-9-31-16/h15-22,24-26,29H,1-14H2. The Labute approximate surface area is 196 Å². The molecule has 0 aromatic rings. The first-order valence-electron chi connectivity index (χ1n) is 12.6. The number of aliphatic hydroxyl groups excluding tert-OH is 1. The van der Waals surface area contributed by atoms with Gasteiger partial charge in [0.1, 0.15) is 0 Å². The Morgan fingerprint density at radius 1 is 0.969 bits per heavy atom. The average Bonchev–Trinajstić information content (AvgIpc) is 3.52. The lowest BCUT2D eigenvalue weighted by atomic mass is 9.81. The number of rotatable bonds is 6. The zero-order valence-corrected chi connectivity index (χ0v) is 19.7. The van der Waals surface area contributed by atoms with E-state index in [9.17, 15) is 5.11 Å². The van der Waals surface area contributed by atoms with Crippen molar-refractivity contribution in [1.82, 2.24) is 26.0 Å². The van der Waals surface area contributed by atoms with Gasteiger partial charge in [0.05, 0.1) is 44.4 Å². The van der Waals surface area contributed by atoms with E-state index in [1.807, 2.05) is 0 Å². The molecule has 0 aromatic heterocycles. The number of ether oxygens (including phenoxy) is 3. The van der Waals surface area contributed by atoms with Gasteiger partial charge >= 0.3 is 0 Å². The van der Waals surface area contributed by atoms with Crippen molar-refractivity contribution >= 4 is 11.6 Å². The lowest BCUT2D eigenvalue weighted by molar-refractivity contribution is -0.114. The smallest absolute Gasteiger partial charge is 0.166 e. The predicted molar refractivity (Wildman–Crippen MR) is 121 cm³/mol. The number of hydrazine groups is 1. The molecule has 5 fully saturated rings. The molecule has 5 rings (SSSR count). The molecule has 184 valence electrons. The molecule has 9 nitrogen and oxygen atoms in total. The molecule has 1 saturated carbocycles. The van der Waals surface area contributed by atoms with Crippen molar-refractivity contribution in [2.75, 3.05) is 46.1 Å². The maximum Gasteiger partial charge on any atom is 0.166 e. The van der Waals surface area contributed by atoms with E-state index in [4.69, 9.17) is 25.8 Å². The first kappa shape index (κ1) is 23.7. The summed E-state index contributed by atoms with van der Waals surface area (Å²) in [5, 5.41) is 20.4. The summed E-state index contributed by atoms with van der Waals surface area (Å²) in [6.07, 6.45) is 6.87. The second-order valence-corrected chi connectivity index (χ2v) is 10.6. The van der Waals surface area contributed by atoms with Gasteiger partial charge in [-0.1, -0.05) is 0 Å². The molecular weight excluding hydrogens is 434 g/mol. The highest BCUT2D eigenvalue weighted by atomic mass is 35.5. The Bertz CT molecular complexity index is 595. The summed E-state index contributed by atoms with van der Waals surface area (Å²) >= 11 is 6.44. The summed E-state index contributed by atoms with van der Waals surface area (Å²) in [5.74, 6) is 0.222. The Morgan fingerprint density at radius 3 is 2.62 bits per heavy atom. The summed E-state index contributed by atoms with van der Waals surface area (Å²) in [4.78, 5) is 2.47. The van der Waals surface area contributed by atoms with Crippen LogP contribution in [0.5, 0.6) is 0 Å². The molecule has 5 aliphatic rings. The highest BCUT2D eigenvalue weighted by Gasteiger charge is 2.42. The summed E-state index contributed by atoms with van der Waals surface area (Å²) in [6, 6.07) is 0.274. The molecule has 4 heterocycles. The highest BCUT2D eigenvalue weighted by Crippen LogP contribution is 2.33. The van der Waals surface area contributed by atoms with E-state index in [-0.39, 0.29) is 48.2 Å². The second kappa shape index (κ2) is 11.1. The van der Waals surface area contributed by atoms with Crippen LogP contribution in [0.3, 0.4) is 0 Å². The summed E-state index contributed by atoms with van der Waals surface area (Å²) in [6.45, 7) is 5.83. The van der Waals surface area contributed by atoms with Gasteiger partial charge in [-0.15, -0.1) is 11.6 Å². The lowest BCUT2D eigenvalue weighted by Gasteiger charge is -2.46. The molecule has 4 saturated heterocycles. The molecule has 8 atom stereocenters. The van der Waals surface area contributed by atoms with E-state index in [1.165, 1.54) is 0 Å². The molecule has 0 amide bonds. The molecule has 0 bridgehead atoms. The third-order valence-electron chi connectivity index (χ3n) is 7.80. The number of hydrogen-bond donors (Lipinski definition) is 4. The minimum atomic E-state index is -0.257. The maximum absolute atomic E-state index is 10.6. The monoisotopic (exact) mass is 473 g/mol. The zero-order valence-electron chi connectivity index (χ0n) is 19.0. The van der Waals surface area contributed by atoms with Crippen LogP contribution in [-0.4, -0.2) is 103 Å². The van der Waals surface area contributed by atoms with Gasteiger partial charge in [-0.05, 0) is 38.5 Å². The van der Waals surface area contributed by atoms with Crippen molar-refractivity contribution < 1.29 is 19.3 Å². The summed E-state index contributed by atoms with van der Waals surface area (Å²) in [7, 11) is 0. The molecule has 32 heavy (non-hydrogen) atoms. The molecule has 0 aromatic carbocycles. The Morgan fingerprint density at radius 2 is 1.81 bits per heavy atom. The quantitative estimate of drug-likeness (QED) is 0.409. The topological polar surface area (TPSA) is 90.5 Å². The van der Waals surface area contributed by atoms with Crippen LogP contribution in [-0.2, 0) is 14.2 Å². The summed E-state index contributed by atoms with van der Waals surface area (Å²) in [5.41, 5.74) is 3.72. The van der Waals surface area contributed by atoms with E-state index >= 15 is 0 Å². The normalized spacial score (nSPS) is 44.8. The zero-order chi connectivity index (χ0) is 21.9. The van der Waals surface area contributed by atoms with Gasteiger partial charge in [-0.2, -0.15) is 0 Å². The highest BCUT2D eigenvalue weighted by molar-refractivity contribution is 6.20. The Kier molecular flexibility index (Phi) is 8.22. The number of aliphatic hydroxyl groups is 1. The first-order chi connectivity index (χ1) is 15.7. The molecule has 0 radical (unpaired) electrons. The van der Waals surface area contributed by atoms with Gasteiger partial charge in [0.2, 0.25) is 0 Å². The number of halogens is 1. The van der Waals surface area contributed by atoms with E-state index in [0.717, 1.165) is 84.4 Å². The van der Waals surface area contributed by atoms with Crippen molar-refractivity contribution in [3.63, 3.8) is 0 Å². The number of nitrogens with zero attached hydrogens (tertiary/aromatic N) is 2. The van der Waals surface area contributed by atoms with Crippen molar-refractivity contribution in [3.05, 3.63) is 0 Å². The minimum absolute atomic E-state index is 0.149.